The van der Waals surface area contributed by atoms with Crippen molar-refractivity contribution in [2.45, 2.75) is 13.8 Å². The molecule has 0 atom stereocenters. The smallest absolute Gasteiger partial charge is 0.293 e. The molecule has 26 heavy (non-hydrogen) atoms. The fraction of sp³-hybridized carbons (Fsp3) is 0.100. The molecule has 0 saturated carbocycles. The Morgan fingerprint density at radius 3 is 2.58 bits per heavy atom. The second kappa shape index (κ2) is 6.59. The van der Waals surface area contributed by atoms with Gasteiger partial charge in [-0.2, -0.15) is 0 Å². The van der Waals surface area contributed by atoms with Gasteiger partial charge < -0.3 is 4.42 Å². The second-order valence-electron chi connectivity index (χ2n) is 5.94. The van der Waals surface area contributed by atoms with Crippen LogP contribution in [0.25, 0.3) is 22.2 Å². The Morgan fingerprint density at radius 2 is 1.85 bits per heavy atom. The van der Waals surface area contributed by atoms with E-state index >= 15 is 0 Å². The summed E-state index contributed by atoms with van der Waals surface area (Å²) in [6, 6.07) is 15.1. The van der Waals surface area contributed by atoms with E-state index in [4.69, 9.17) is 16.0 Å². The monoisotopic (exact) mass is 382 g/mol. The van der Waals surface area contributed by atoms with Gasteiger partial charge in [0.15, 0.2) is 10.9 Å². The number of nitrogens with zero attached hydrogens (tertiary/aromatic N) is 1. The topological polar surface area (TPSA) is 55.1 Å². The van der Waals surface area contributed by atoms with Crippen LogP contribution >= 0.6 is 22.9 Å². The molecule has 0 aliphatic rings. The number of amides is 1. The first kappa shape index (κ1) is 16.8. The largest absolute Gasteiger partial charge is 0.451 e. The van der Waals surface area contributed by atoms with Crippen molar-refractivity contribution in [1.29, 1.82) is 0 Å². The Balaban J connectivity index is 1.63. The highest BCUT2D eigenvalue weighted by atomic mass is 35.5. The molecule has 130 valence electrons. The van der Waals surface area contributed by atoms with Gasteiger partial charge in [-0.1, -0.05) is 41.9 Å². The molecule has 1 N–H and O–H groups in total. The van der Waals surface area contributed by atoms with E-state index in [0.717, 1.165) is 27.1 Å². The number of anilines is 1. The number of aryl methyl sites for hydroxylation is 2. The van der Waals surface area contributed by atoms with Crippen LogP contribution in [0.15, 0.2) is 52.9 Å². The Kier molecular flexibility index (Phi) is 4.26. The summed E-state index contributed by atoms with van der Waals surface area (Å²) in [5.41, 5.74) is 3.32. The van der Waals surface area contributed by atoms with Crippen molar-refractivity contribution < 1.29 is 9.21 Å². The minimum absolute atomic E-state index is 0.296. The molecule has 4 aromatic rings. The lowest BCUT2D eigenvalue weighted by atomic mass is 10.1. The van der Waals surface area contributed by atoms with E-state index in [1.165, 1.54) is 11.3 Å². The van der Waals surface area contributed by atoms with Crippen LogP contribution in [-0.2, 0) is 0 Å². The van der Waals surface area contributed by atoms with Crippen LogP contribution in [0.4, 0.5) is 5.13 Å². The van der Waals surface area contributed by atoms with E-state index in [2.05, 4.69) is 10.3 Å². The predicted octanol–water partition coefficient (Wildman–Crippen LogP) is 6.08. The lowest BCUT2D eigenvalue weighted by Gasteiger charge is -2.00. The minimum Gasteiger partial charge on any atom is -0.451 e. The Labute approximate surface area is 159 Å². The molecular weight excluding hydrogens is 368 g/mol. The maximum Gasteiger partial charge on any atom is 0.293 e. The van der Waals surface area contributed by atoms with Crippen LogP contribution in [0.2, 0.25) is 5.02 Å². The molecule has 0 spiro atoms. The van der Waals surface area contributed by atoms with E-state index in [-0.39, 0.29) is 5.91 Å². The molecule has 2 aromatic carbocycles. The quantitative estimate of drug-likeness (QED) is 0.467. The molecule has 0 aliphatic carbocycles. The molecule has 4 nitrogen and oxygen atoms in total. The van der Waals surface area contributed by atoms with Crippen LogP contribution in [0.5, 0.6) is 0 Å². The Hall–Kier alpha value is -2.63. The third-order valence-electron chi connectivity index (χ3n) is 4.18. The second-order valence-corrected chi connectivity index (χ2v) is 7.58. The van der Waals surface area contributed by atoms with Crippen LogP contribution < -0.4 is 5.32 Å². The van der Waals surface area contributed by atoms with E-state index in [9.17, 15) is 4.79 Å². The number of fused-ring (bicyclic) bond motifs is 1. The molecule has 6 heteroatoms. The number of carbonyl (C=O) groups excluding carboxylic acids is 1. The molecule has 0 bridgehead atoms. The summed E-state index contributed by atoms with van der Waals surface area (Å²) in [7, 11) is 0. The van der Waals surface area contributed by atoms with E-state index in [0.29, 0.717) is 21.5 Å². The number of carbonyl (C=O) groups is 1. The maximum atomic E-state index is 12.7. The molecule has 0 fully saturated rings. The van der Waals surface area contributed by atoms with Crippen molar-refractivity contribution in [3.63, 3.8) is 0 Å². The van der Waals surface area contributed by atoms with Gasteiger partial charge in [-0.25, -0.2) is 4.98 Å². The molecule has 0 radical (unpaired) electrons. The van der Waals surface area contributed by atoms with Crippen LogP contribution in [0.3, 0.4) is 0 Å². The third-order valence-corrected chi connectivity index (χ3v) is 5.32. The first-order chi connectivity index (χ1) is 12.5. The highest BCUT2D eigenvalue weighted by molar-refractivity contribution is 7.16. The number of halogens is 1. The first-order valence-corrected chi connectivity index (χ1v) is 9.25. The van der Waals surface area contributed by atoms with Gasteiger partial charge in [-0.05, 0) is 32.0 Å². The van der Waals surface area contributed by atoms with E-state index in [1.807, 2.05) is 62.4 Å². The summed E-state index contributed by atoms with van der Waals surface area (Å²) < 4.78 is 5.72. The van der Waals surface area contributed by atoms with Gasteiger partial charge in [-0.3, -0.25) is 10.1 Å². The average molecular weight is 383 g/mol. The average Bonchev–Trinajstić information content (AvgIpc) is 3.16. The predicted molar refractivity (Wildman–Crippen MR) is 106 cm³/mol. The summed E-state index contributed by atoms with van der Waals surface area (Å²) in [4.78, 5) is 18.2. The number of benzene rings is 2. The number of nitrogens with one attached hydrogen (secondary N) is 1. The van der Waals surface area contributed by atoms with Gasteiger partial charge in [0.25, 0.3) is 5.91 Å². The fourth-order valence-corrected chi connectivity index (χ4v) is 3.83. The summed E-state index contributed by atoms with van der Waals surface area (Å²) >= 11 is 7.38. The van der Waals surface area contributed by atoms with Gasteiger partial charge in [-0.15, -0.1) is 11.3 Å². The molecule has 0 saturated heterocycles. The normalized spacial score (nSPS) is 11.0. The van der Waals surface area contributed by atoms with Crippen molar-refractivity contribution >= 4 is 44.9 Å². The molecular formula is C20H15ClN2O2S. The van der Waals surface area contributed by atoms with Gasteiger partial charge in [0, 0.05) is 26.4 Å². The number of hydrogen-bond acceptors (Lipinski definition) is 4. The summed E-state index contributed by atoms with van der Waals surface area (Å²) in [6.07, 6.45) is 0. The summed E-state index contributed by atoms with van der Waals surface area (Å²) in [5, 5.41) is 5.01. The molecule has 2 aromatic heterocycles. The molecule has 2 heterocycles. The van der Waals surface area contributed by atoms with Crippen molar-refractivity contribution in [3.05, 3.63) is 69.8 Å². The van der Waals surface area contributed by atoms with Crippen LogP contribution in [0, 0.1) is 13.8 Å². The molecule has 0 aliphatic heterocycles. The first-order valence-electron chi connectivity index (χ1n) is 8.06. The number of para-hydroxylation sites is 1. The van der Waals surface area contributed by atoms with Gasteiger partial charge >= 0.3 is 0 Å². The minimum atomic E-state index is -0.296. The Morgan fingerprint density at radius 1 is 1.12 bits per heavy atom. The lowest BCUT2D eigenvalue weighted by molar-refractivity contribution is 0.0998. The summed E-state index contributed by atoms with van der Waals surface area (Å²) in [5.74, 6) is 0.0159. The van der Waals surface area contributed by atoms with Gasteiger partial charge in [0.2, 0.25) is 0 Å². The van der Waals surface area contributed by atoms with Crippen molar-refractivity contribution in [2.75, 3.05) is 5.32 Å². The highest BCUT2D eigenvalue weighted by Crippen LogP contribution is 2.32. The van der Waals surface area contributed by atoms with Gasteiger partial charge in [0.05, 0.1) is 5.69 Å². The van der Waals surface area contributed by atoms with Gasteiger partial charge in [0.1, 0.15) is 5.58 Å². The van der Waals surface area contributed by atoms with Crippen LogP contribution in [0.1, 0.15) is 21.0 Å². The molecule has 4 rings (SSSR count). The van der Waals surface area contributed by atoms with Crippen molar-refractivity contribution in [3.8, 4) is 11.3 Å². The van der Waals surface area contributed by atoms with Crippen molar-refractivity contribution in [2.24, 2.45) is 0 Å². The summed E-state index contributed by atoms with van der Waals surface area (Å²) in [6.45, 7) is 3.86. The zero-order chi connectivity index (χ0) is 18.3. The third kappa shape index (κ3) is 3.00. The van der Waals surface area contributed by atoms with Crippen LogP contribution in [-0.4, -0.2) is 10.9 Å². The SMILES string of the molecule is Cc1sc(NC(=O)c2oc3ccccc3c2C)nc1-c1ccc(Cl)cc1. The lowest BCUT2D eigenvalue weighted by Crippen LogP contribution is -2.11. The Bertz CT molecular complexity index is 1110. The van der Waals surface area contributed by atoms with Crippen molar-refractivity contribution in [1.82, 2.24) is 4.98 Å². The number of furan rings is 1. The van der Waals surface area contributed by atoms with E-state index < -0.39 is 0 Å². The number of hydrogen-bond donors (Lipinski definition) is 1. The maximum absolute atomic E-state index is 12.7. The number of thiazole rings is 1. The number of rotatable bonds is 3. The number of aromatic nitrogens is 1. The zero-order valence-corrected chi connectivity index (χ0v) is 15.7. The zero-order valence-electron chi connectivity index (χ0n) is 14.2. The molecule has 1 amide bonds. The fourth-order valence-electron chi connectivity index (χ4n) is 2.87. The highest BCUT2D eigenvalue weighted by Gasteiger charge is 2.19. The standard InChI is InChI=1S/C20H15ClN2O2S/c1-11-15-5-3-4-6-16(15)25-18(11)19(24)23-20-22-17(12(2)26-20)13-7-9-14(21)10-8-13/h3-10H,1-2H3,(H,22,23,24). The van der Waals surface area contributed by atoms with E-state index in [1.54, 1.807) is 0 Å². The molecule has 0 unspecified atom stereocenters.